The van der Waals surface area contributed by atoms with Gasteiger partial charge in [0, 0.05) is 6.20 Å². The molecule has 9 heteroatoms. The molecule has 30 heavy (non-hydrogen) atoms. The maximum atomic E-state index is 12.2. The van der Waals surface area contributed by atoms with E-state index < -0.39 is 35.8 Å². The van der Waals surface area contributed by atoms with E-state index in [1.54, 1.807) is 0 Å². The minimum Gasteiger partial charge on any atom is -0.387 e. The lowest BCUT2D eigenvalue weighted by Crippen LogP contribution is -2.38. The van der Waals surface area contributed by atoms with Crippen molar-refractivity contribution in [3.63, 3.8) is 0 Å². The summed E-state index contributed by atoms with van der Waals surface area (Å²) >= 11 is 3.08. The van der Waals surface area contributed by atoms with Crippen LogP contribution in [0.25, 0.3) is 6.08 Å². The van der Waals surface area contributed by atoms with Crippen LogP contribution in [0, 0.1) is 0 Å². The molecular formula is C21H25BrN2O6. The van der Waals surface area contributed by atoms with E-state index >= 15 is 0 Å². The van der Waals surface area contributed by atoms with Crippen molar-refractivity contribution >= 4 is 22.0 Å². The molecule has 1 fully saturated rings. The minimum absolute atomic E-state index is 0.0346. The number of benzene rings is 1. The molecule has 1 saturated heterocycles. The summed E-state index contributed by atoms with van der Waals surface area (Å²) in [4.78, 5) is 27.7. The third-order valence-corrected chi connectivity index (χ3v) is 5.31. The summed E-state index contributed by atoms with van der Waals surface area (Å²) in [5, 5.41) is 20.7. The summed E-state index contributed by atoms with van der Waals surface area (Å²) in [7, 11) is 0. The van der Waals surface area contributed by atoms with Gasteiger partial charge in [0.25, 0.3) is 5.56 Å². The van der Waals surface area contributed by atoms with Crippen molar-refractivity contribution in [3.8, 4) is 0 Å². The van der Waals surface area contributed by atoms with Gasteiger partial charge in [0.1, 0.15) is 18.3 Å². The number of hydrogen-bond acceptors (Lipinski definition) is 6. The molecule has 1 aromatic carbocycles. The molecule has 1 aliphatic rings. The molecule has 2 heterocycles. The monoisotopic (exact) mass is 480 g/mol. The summed E-state index contributed by atoms with van der Waals surface area (Å²) in [5.41, 5.74) is 1.10. The van der Waals surface area contributed by atoms with Crippen molar-refractivity contribution in [3.05, 3.63) is 73.0 Å². The zero-order chi connectivity index (χ0) is 21.8. The molecule has 162 valence electrons. The van der Waals surface area contributed by atoms with Gasteiger partial charge in [-0.1, -0.05) is 54.0 Å². The van der Waals surface area contributed by atoms with Crippen LogP contribution in [0.4, 0.5) is 0 Å². The lowest BCUT2D eigenvalue weighted by atomic mass is 10.0. The number of rotatable bonds is 7. The van der Waals surface area contributed by atoms with E-state index in [1.165, 1.54) is 22.8 Å². The summed E-state index contributed by atoms with van der Waals surface area (Å²) in [6.07, 6.45) is -1.84. The van der Waals surface area contributed by atoms with Crippen LogP contribution in [0.2, 0.25) is 0 Å². The molecule has 0 bridgehead atoms. The van der Waals surface area contributed by atoms with E-state index in [2.05, 4.69) is 34.8 Å². The number of hydrogen-bond donors (Lipinski definition) is 3. The third kappa shape index (κ3) is 4.98. The number of halogens is 1. The van der Waals surface area contributed by atoms with Crippen molar-refractivity contribution in [2.75, 3.05) is 6.61 Å². The Morgan fingerprint density at radius 1 is 1.23 bits per heavy atom. The van der Waals surface area contributed by atoms with Gasteiger partial charge >= 0.3 is 5.69 Å². The van der Waals surface area contributed by atoms with Crippen LogP contribution in [0.5, 0.6) is 0 Å². The standard InChI is InChI=1S/C21H25BrN2O6/c1-12(2)14-5-3-13(4-6-14)10-29-11-16-17(25)18(26)20(30-16)24-9-15(7-8-22)19(27)23-21(24)28/h3-9,12,16-18,20,25-26H,10-11H2,1-2H3,(H,23,27,28)/b8-7+/t16-,17-,18+,20-/m1/s1. The zero-order valence-corrected chi connectivity index (χ0v) is 18.3. The Morgan fingerprint density at radius 3 is 2.57 bits per heavy atom. The van der Waals surface area contributed by atoms with Crippen LogP contribution in [0.3, 0.4) is 0 Å². The second-order valence-electron chi connectivity index (χ2n) is 7.50. The number of aromatic nitrogens is 2. The van der Waals surface area contributed by atoms with E-state index in [0.717, 1.165) is 10.1 Å². The molecule has 0 radical (unpaired) electrons. The largest absolute Gasteiger partial charge is 0.387 e. The quantitative estimate of drug-likeness (QED) is 0.557. The van der Waals surface area contributed by atoms with E-state index in [0.29, 0.717) is 12.5 Å². The molecule has 3 rings (SSSR count). The first-order chi connectivity index (χ1) is 14.3. The van der Waals surface area contributed by atoms with Gasteiger partial charge in [0.05, 0.1) is 18.8 Å². The van der Waals surface area contributed by atoms with E-state index in [9.17, 15) is 19.8 Å². The molecule has 0 saturated carbocycles. The van der Waals surface area contributed by atoms with Gasteiger partial charge in [0.15, 0.2) is 6.23 Å². The van der Waals surface area contributed by atoms with Crippen LogP contribution in [-0.4, -0.2) is 44.7 Å². The molecule has 4 atom stereocenters. The van der Waals surface area contributed by atoms with Crippen molar-refractivity contribution in [1.29, 1.82) is 0 Å². The van der Waals surface area contributed by atoms with Gasteiger partial charge in [-0.3, -0.25) is 14.3 Å². The Kier molecular flexibility index (Phi) is 7.43. The van der Waals surface area contributed by atoms with Gasteiger partial charge < -0.3 is 19.7 Å². The Balaban J connectivity index is 1.66. The number of ether oxygens (including phenoxy) is 2. The minimum atomic E-state index is -1.35. The summed E-state index contributed by atoms with van der Waals surface area (Å²) in [6, 6.07) is 8.06. The van der Waals surface area contributed by atoms with Crippen LogP contribution in [0.1, 0.15) is 42.7 Å². The highest BCUT2D eigenvalue weighted by Crippen LogP contribution is 2.29. The molecule has 8 nitrogen and oxygen atoms in total. The first-order valence-electron chi connectivity index (χ1n) is 9.62. The zero-order valence-electron chi connectivity index (χ0n) is 16.7. The van der Waals surface area contributed by atoms with Gasteiger partial charge in [-0.25, -0.2) is 4.79 Å². The summed E-state index contributed by atoms with van der Waals surface area (Å²) in [6.45, 7) is 4.61. The average Bonchev–Trinajstić information content (AvgIpc) is 2.99. The Morgan fingerprint density at radius 2 is 1.93 bits per heavy atom. The highest BCUT2D eigenvalue weighted by atomic mass is 79.9. The van der Waals surface area contributed by atoms with Gasteiger partial charge in [-0.2, -0.15) is 0 Å². The van der Waals surface area contributed by atoms with Crippen LogP contribution >= 0.6 is 15.9 Å². The third-order valence-electron chi connectivity index (χ3n) is 5.05. The van der Waals surface area contributed by atoms with E-state index in [-0.39, 0.29) is 12.2 Å². The number of nitrogens with one attached hydrogen (secondary N) is 1. The van der Waals surface area contributed by atoms with Crippen LogP contribution < -0.4 is 11.2 Å². The van der Waals surface area contributed by atoms with Crippen molar-refractivity contribution in [1.82, 2.24) is 9.55 Å². The Hall–Kier alpha value is -2.04. The van der Waals surface area contributed by atoms with Gasteiger partial charge in [-0.05, 0) is 28.1 Å². The first kappa shape index (κ1) is 22.6. The number of aromatic amines is 1. The summed E-state index contributed by atoms with van der Waals surface area (Å²) in [5.74, 6) is 0.447. The lowest BCUT2D eigenvalue weighted by molar-refractivity contribution is -0.0711. The molecule has 0 aliphatic carbocycles. The highest BCUT2D eigenvalue weighted by Gasteiger charge is 2.44. The molecular weight excluding hydrogens is 456 g/mol. The Labute approximate surface area is 181 Å². The fraction of sp³-hybridized carbons (Fsp3) is 0.429. The van der Waals surface area contributed by atoms with Crippen molar-refractivity contribution < 1.29 is 19.7 Å². The topological polar surface area (TPSA) is 114 Å². The smallest absolute Gasteiger partial charge is 0.330 e. The number of nitrogens with zero attached hydrogens (tertiary/aromatic N) is 1. The van der Waals surface area contributed by atoms with Gasteiger partial charge in [0.2, 0.25) is 0 Å². The normalized spacial score (nSPS) is 24.2. The summed E-state index contributed by atoms with van der Waals surface area (Å²) < 4.78 is 12.4. The Bertz CT molecular complexity index is 998. The van der Waals surface area contributed by atoms with Crippen LogP contribution in [0.15, 0.2) is 45.0 Å². The molecule has 0 amide bonds. The van der Waals surface area contributed by atoms with Crippen LogP contribution in [-0.2, 0) is 16.1 Å². The molecule has 1 aliphatic heterocycles. The first-order valence-corrected chi connectivity index (χ1v) is 10.5. The second-order valence-corrected chi connectivity index (χ2v) is 8.03. The van der Waals surface area contributed by atoms with Gasteiger partial charge in [-0.15, -0.1) is 0 Å². The number of aliphatic hydroxyl groups is 2. The molecule has 0 spiro atoms. The maximum Gasteiger partial charge on any atom is 0.330 e. The fourth-order valence-electron chi connectivity index (χ4n) is 3.26. The lowest BCUT2D eigenvalue weighted by Gasteiger charge is -2.17. The highest BCUT2D eigenvalue weighted by molar-refractivity contribution is 9.11. The molecule has 1 aromatic heterocycles. The predicted molar refractivity (Wildman–Crippen MR) is 115 cm³/mol. The van der Waals surface area contributed by atoms with Crippen molar-refractivity contribution in [2.45, 2.75) is 50.9 Å². The average molecular weight is 481 g/mol. The fourth-order valence-corrected chi connectivity index (χ4v) is 3.55. The molecule has 3 N–H and O–H groups in total. The number of aliphatic hydroxyl groups excluding tert-OH is 2. The second kappa shape index (κ2) is 9.84. The predicted octanol–water partition coefficient (Wildman–Crippen LogP) is 1.86. The molecule has 0 unspecified atom stereocenters. The molecule has 2 aromatic rings. The van der Waals surface area contributed by atoms with Crippen molar-refractivity contribution in [2.24, 2.45) is 0 Å². The maximum absolute atomic E-state index is 12.2. The number of H-pyrrole nitrogens is 1. The van der Waals surface area contributed by atoms with E-state index in [1.807, 2.05) is 24.3 Å². The van der Waals surface area contributed by atoms with E-state index in [4.69, 9.17) is 9.47 Å². The SMILES string of the molecule is CC(C)c1ccc(COC[C@H]2O[C@@H](n3cc(/C=C/Br)c(=O)[nH]c3=O)[C@@H](O)[C@@H]2O)cc1.